The smallest absolute Gasteiger partial charge is 0.267 e. The third-order valence-electron chi connectivity index (χ3n) is 5.21. The predicted molar refractivity (Wildman–Crippen MR) is 126 cm³/mol. The molecule has 3 N–H and O–H groups in total. The molecule has 0 aliphatic heterocycles. The van der Waals surface area contributed by atoms with Gasteiger partial charge in [-0.1, -0.05) is 36.3 Å². The molecule has 0 saturated carbocycles. The molecule has 0 saturated heterocycles. The number of carbonyl (C=O) groups is 1. The summed E-state index contributed by atoms with van der Waals surface area (Å²) in [5, 5.41) is 8.73. The first kappa shape index (κ1) is 20.4. The third kappa shape index (κ3) is 3.31. The Morgan fingerprint density at radius 3 is 2.82 bits per heavy atom. The zero-order chi connectivity index (χ0) is 23.1. The van der Waals surface area contributed by atoms with Gasteiger partial charge < -0.3 is 11.1 Å². The minimum absolute atomic E-state index is 0.0575. The number of carbonyl (C=O) groups excluding carboxylic acids is 1. The van der Waals surface area contributed by atoms with E-state index in [1.165, 1.54) is 20.3 Å². The molecule has 0 aliphatic rings. The first-order chi connectivity index (χ1) is 16.0. The lowest BCUT2D eigenvalue weighted by atomic mass is 10.0. The molecule has 0 spiro atoms. The molecule has 4 heterocycles. The number of nitrogens with zero attached hydrogens (tertiary/aromatic N) is 5. The molecule has 10 heteroatoms. The highest BCUT2D eigenvalue weighted by molar-refractivity contribution is 7.15. The van der Waals surface area contributed by atoms with E-state index < -0.39 is 11.9 Å². The maximum Gasteiger partial charge on any atom is 0.267 e. The Morgan fingerprint density at radius 2 is 2.06 bits per heavy atom. The Bertz CT molecular complexity index is 1630. The fourth-order valence-corrected chi connectivity index (χ4v) is 4.55. The second-order valence-corrected chi connectivity index (χ2v) is 8.11. The zero-order valence-corrected chi connectivity index (χ0v) is 18.2. The monoisotopic (exact) mass is 455 g/mol. The van der Waals surface area contributed by atoms with Crippen LogP contribution in [0.1, 0.15) is 34.7 Å². The van der Waals surface area contributed by atoms with Gasteiger partial charge in [0.1, 0.15) is 11.3 Å². The first-order valence-corrected chi connectivity index (χ1v) is 10.8. The molecule has 0 fully saturated rings. The summed E-state index contributed by atoms with van der Waals surface area (Å²) in [4.78, 5) is 36.0. The van der Waals surface area contributed by atoms with Crippen molar-refractivity contribution < 1.29 is 4.79 Å². The minimum atomic E-state index is -0.625. The second kappa shape index (κ2) is 7.89. The quantitative estimate of drug-likeness (QED) is 0.402. The first-order valence-electron chi connectivity index (χ1n) is 9.95. The lowest BCUT2D eigenvalue weighted by Crippen LogP contribution is -2.30. The maximum absolute atomic E-state index is 13.5. The van der Waals surface area contributed by atoms with Crippen molar-refractivity contribution in [3.05, 3.63) is 81.5 Å². The van der Waals surface area contributed by atoms with Gasteiger partial charge in [0, 0.05) is 17.8 Å². The molecule has 162 valence electrons. The van der Waals surface area contributed by atoms with Crippen LogP contribution in [0.5, 0.6) is 0 Å². The molecule has 4 aromatic heterocycles. The Balaban J connectivity index is 1.63. The molecule has 0 radical (unpaired) electrons. The Hall–Kier alpha value is -4.49. The van der Waals surface area contributed by atoms with Crippen molar-refractivity contribution in [2.75, 3.05) is 5.73 Å². The summed E-state index contributed by atoms with van der Waals surface area (Å²) in [5.41, 5.74) is 8.07. The van der Waals surface area contributed by atoms with E-state index in [1.54, 1.807) is 30.8 Å². The number of rotatable bonds is 4. The standard InChI is InChI=1S/C23H17N7O2S/c1-3-15-12-33-23-27-18(16(22(32)30(15)23)14-8-5-4-6-9-14)13(2)26-21(31)17-19(24)28-29-11-7-10-25-20(17)29/h1,4-13H,2H3,(H2,24,28)(H,26,31). The van der Waals surface area contributed by atoms with Crippen molar-refractivity contribution in [3.8, 4) is 23.5 Å². The van der Waals surface area contributed by atoms with Crippen LogP contribution in [0.25, 0.3) is 21.7 Å². The van der Waals surface area contributed by atoms with Gasteiger partial charge in [-0.3, -0.25) is 9.59 Å². The number of thiazole rings is 1. The number of anilines is 1. The van der Waals surface area contributed by atoms with Crippen molar-refractivity contribution in [2.45, 2.75) is 13.0 Å². The summed E-state index contributed by atoms with van der Waals surface area (Å²) >= 11 is 1.26. The highest BCUT2D eigenvalue weighted by Crippen LogP contribution is 2.27. The van der Waals surface area contributed by atoms with Gasteiger partial charge >= 0.3 is 0 Å². The van der Waals surface area contributed by atoms with Crippen molar-refractivity contribution in [1.29, 1.82) is 0 Å². The van der Waals surface area contributed by atoms with Crippen LogP contribution in [0.3, 0.4) is 0 Å². The van der Waals surface area contributed by atoms with Crippen LogP contribution in [0.2, 0.25) is 0 Å². The number of nitrogens with two attached hydrogens (primary N) is 1. The van der Waals surface area contributed by atoms with E-state index in [9.17, 15) is 9.59 Å². The number of hydrogen-bond donors (Lipinski definition) is 2. The average molecular weight is 456 g/mol. The van der Waals surface area contributed by atoms with Crippen molar-refractivity contribution in [1.82, 2.24) is 29.3 Å². The molecule has 5 aromatic rings. The van der Waals surface area contributed by atoms with Crippen LogP contribution in [-0.4, -0.2) is 29.9 Å². The average Bonchev–Trinajstić information content (AvgIpc) is 3.39. The number of benzene rings is 1. The summed E-state index contributed by atoms with van der Waals surface area (Å²) in [5.74, 6) is 2.12. The number of nitrogen functional groups attached to an aromatic ring is 1. The van der Waals surface area contributed by atoms with Crippen molar-refractivity contribution in [3.63, 3.8) is 0 Å². The summed E-state index contributed by atoms with van der Waals surface area (Å²) in [7, 11) is 0. The maximum atomic E-state index is 13.5. The number of aromatic nitrogens is 5. The topological polar surface area (TPSA) is 120 Å². The van der Waals surface area contributed by atoms with Gasteiger partial charge in [-0.25, -0.2) is 18.9 Å². The Kier molecular flexibility index (Phi) is 4.88. The molecule has 1 amide bonds. The van der Waals surface area contributed by atoms with Gasteiger partial charge in [-0.05, 0) is 18.6 Å². The van der Waals surface area contributed by atoms with E-state index >= 15 is 0 Å². The Morgan fingerprint density at radius 1 is 1.27 bits per heavy atom. The molecule has 1 unspecified atom stereocenters. The number of nitrogens with one attached hydrogen (secondary N) is 1. The minimum Gasteiger partial charge on any atom is -0.381 e. The van der Waals surface area contributed by atoms with Crippen LogP contribution in [-0.2, 0) is 0 Å². The van der Waals surface area contributed by atoms with Crippen LogP contribution < -0.4 is 16.6 Å². The van der Waals surface area contributed by atoms with Crippen LogP contribution in [0.4, 0.5) is 5.82 Å². The molecular formula is C23H17N7O2S. The van der Waals surface area contributed by atoms with Crippen LogP contribution >= 0.6 is 11.3 Å². The van der Waals surface area contributed by atoms with E-state index in [0.29, 0.717) is 33.1 Å². The van der Waals surface area contributed by atoms with Gasteiger partial charge in [0.25, 0.3) is 11.5 Å². The third-order valence-corrected chi connectivity index (χ3v) is 6.04. The SMILES string of the molecule is C#Cc1csc2nc(C(C)NC(=O)c3c(N)nn4cccnc34)c(-c3ccccc3)c(=O)n12. The largest absolute Gasteiger partial charge is 0.381 e. The van der Waals surface area contributed by atoms with Crippen LogP contribution in [0.15, 0.2) is 59.0 Å². The normalized spacial score (nSPS) is 12.0. The second-order valence-electron chi connectivity index (χ2n) is 7.27. The van der Waals surface area contributed by atoms with E-state index in [2.05, 4.69) is 21.3 Å². The molecule has 5 rings (SSSR count). The predicted octanol–water partition coefficient (Wildman–Crippen LogP) is 2.52. The highest BCUT2D eigenvalue weighted by Gasteiger charge is 2.25. The summed E-state index contributed by atoms with van der Waals surface area (Å²) < 4.78 is 2.85. The van der Waals surface area contributed by atoms with E-state index in [1.807, 2.05) is 30.3 Å². The highest BCUT2D eigenvalue weighted by atomic mass is 32.1. The fourth-order valence-electron chi connectivity index (χ4n) is 3.72. The van der Waals surface area contributed by atoms with Crippen molar-refractivity contribution in [2.24, 2.45) is 0 Å². The summed E-state index contributed by atoms with van der Waals surface area (Å²) in [6, 6.07) is 10.2. The molecular weight excluding hydrogens is 438 g/mol. The number of fused-ring (bicyclic) bond motifs is 2. The number of hydrogen-bond acceptors (Lipinski definition) is 7. The lowest BCUT2D eigenvalue weighted by Gasteiger charge is -2.17. The van der Waals surface area contributed by atoms with Gasteiger partial charge in [-0.2, -0.15) is 0 Å². The number of terminal acetylenes is 1. The molecule has 33 heavy (non-hydrogen) atoms. The van der Waals surface area contributed by atoms with E-state index in [-0.39, 0.29) is 16.9 Å². The van der Waals surface area contributed by atoms with Crippen molar-refractivity contribution >= 4 is 33.7 Å². The molecule has 0 bridgehead atoms. The lowest BCUT2D eigenvalue weighted by molar-refractivity contribution is 0.0941. The fraction of sp³-hybridized carbons (Fsp3) is 0.0870. The summed E-state index contributed by atoms with van der Waals surface area (Å²) in [6.45, 7) is 1.76. The summed E-state index contributed by atoms with van der Waals surface area (Å²) in [6.07, 6.45) is 8.79. The van der Waals surface area contributed by atoms with E-state index in [4.69, 9.17) is 17.1 Å². The molecule has 9 nitrogen and oxygen atoms in total. The molecule has 1 aromatic carbocycles. The van der Waals surface area contributed by atoms with Gasteiger partial charge in [0.2, 0.25) is 0 Å². The molecule has 1 atom stereocenters. The van der Waals surface area contributed by atoms with Crippen LogP contribution in [0, 0.1) is 12.3 Å². The van der Waals surface area contributed by atoms with Gasteiger partial charge in [0.05, 0.1) is 17.3 Å². The Labute approximate surface area is 191 Å². The zero-order valence-electron chi connectivity index (χ0n) is 17.4. The van der Waals surface area contributed by atoms with E-state index in [0.717, 1.165) is 0 Å². The molecule has 0 aliphatic carbocycles. The van der Waals surface area contributed by atoms with Gasteiger partial charge in [0.15, 0.2) is 16.4 Å². The van der Waals surface area contributed by atoms with Gasteiger partial charge in [-0.15, -0.1) is 22.9 Å². The number of amides is 1.